The van der Waals surface area contributed by atoms with Crippen LogP contribution in [-0.4, -0.2) is 51.0 Å². The number of nitrogens with zero attached hydrogens (tertiary/aromatic N) is 4. The molecule has 144 valence electrons. The summed E-state index contributed by atoms with van der Waals surface area (Å²) in [6, 6.07) is 12.2. The first-order valence-corrected chi connectivity index (χ1v) is 10.3. The van der Waals surface area contributed by atoms with E-state index in [0.29, 0.717) is 10.8 Å². The van der Waals surface area contributed by atoms with Crippen LogP contribution >= 0.6 is 11.3 Å². The molecular weight excluding hydrogens is 374 g/mol. The van der Waals surface area contributed by atoms with Crippen molar-refractivity contribution >= 4 is 27.7 Å². The minimum absolute atomic E-state index is 0.256. The van der Waals surface area contributed by atoms with Gasteiger partial charge in [0.1, 0.15) is 5.75 Å². The van der Waals surface area contributed by atoms with Crippen LogP contribution in [0, 0.1) is 0 Å². The Morgan fingerprint density at radius 2 is 1.93 bits per heavy atom. The number of nitrogens with two attached hydrogens (primary N) is 1. The highest BCUT2D eigenvalue weighted by Crippen LogP contribution is 2.32. The van der Waals surface area contributed by atoms with E-state index in [1.165, 1.54) is 16.9 Å². The summed E-state index contributed by atoms with van der Waals surface area (Å²) in [6.45, 7) is 2.64. The van der Waals surface area contributed by atoms with Gasteiger partial charge in [-0.1, -0.05) is 23.5 Å². The predicted molar refractivity (Wildman–Crippen MR) is 107 cm³/mol. The first-order chi connectivity index (χ1) is 13.7. The molecule has 3 aromatic rings. The molecule has 2 fully saturated rings. The largest absolute Gasteiger partial charge is 0.431 e. The SMILES string of the molecule is NC(=O)N1C2CCC1CN(Cc1ccc(Oc3nc4ncccc4s3)cc1)C2. The molecule has 0 spiro atoms. The number of carbonyl (C=O) groups is 1. The smallest absolute Gasteiger partial charge is 0.315 e. The lowest BCUT2D eigenvalue weighted by molar-refractivity contribution is 0.0883. The molecular formula is C20H21N5O2S. The molecule has 8 heteroatoms. The third-order valence-corrected chi connectivity index (χ3v) is 6.38. The van der Waals surface area contributed by atoms with Gasteiger partial charge in [0, 0.05) is 37.9 Å². The number of amides is 2. The normalized spacial score (nSPS) is 21.9. The van der Waals surface area contributed by atoms with Gasteiger partial charge in [0.15, 0.2) is 5.65 Å². The van der Waals surface area contributed by atoms with E-state index in [4.69, 9.17) is 10.5 Å². The van der Waals surface area contributed by atoms with Gasteiger partial charge in [-0.25, -0.2) is 9.78 Å². The number of thiazole rings is 1. The highest BCUT2D eigenvalue weighted by atomic mass is 32.1. The summed E-state index contributed by atoms with van der Waals surface area (Å²) >= 11 is 1.49. The fraction of sp³-hybridized carbons (Fsp3) is 0.350. The molecule has 2 bridgehead atoms. The van der Waals surface area contributed by atoms with Crippen molar-refractivity contribution in [3.8, 4) is 10.9 Å². The molecule has 5 rings (SSSR count). The Balaban J connectivity index is 1.23. The minimum Gasteiger partial charge on any atom is -0.431 e. The number of hydrogen-bond donors (Lipinski definition) is 1. The van der Waals surface area contributed by atoms with E-state index >= 15 is 0 Å². The lowest BCUT2D eigenvalue weighted by Gasteiger charge is -2.40. The van der Waals surface area contributed by atoms with Gasteiger partial charge in [-0.2, -0.15) is 4.98 Å². The summed E-state index contributed by atoms with van der Waals surface area (Å²) < 4.78 is 6.90. The quantitative estimate of drug-likeness (QED) is 0.733. The molecule has 2 saturated heterocycles. The maximum absolute atomic E-state index is 11.6. The zero-order chi connectivity index (χ0) is 19.1. The van der Waals surface area contributed by atoms with E-state index in [9.17, 15) is 4.79 Å². The van der Waals surface area contributed by atoms with E-state index in [1.54, 1.807) is 6.20 Å². The first-order valence-electron chi connectivity index (χ1n) is 9.44. The number of fused-ring (bicyclic) bond motifs is 3. The average molecular weight is 395 g/mol. The van der Waals surface area contributed by atoms with Gasteiger partial charge in [0.05, 0.1) is 4.70 Å². The predicted octanol–water partition coefficient (Wildman–Crippen LogP) is 3.21. The highest BCUT2D eigenvalue weighted by molar-refractivity contribution is 7.20. The van der Waals surface area contributed by atoms with Crippen LogP contribution in [0.5, 0.6) is 10.9 Å². The number of piperazine rings is 1. The number of ether oxygens (including phenoxy) is 1. The van der Waals surface area contributed by atoms with Crippen LogP contribution in [0.4, 0.5) is 4.79 Å². The molecule has 2 atom stereocenters. The van der Waals surface area contributed by atoms with Crippen molar-refractivity contribution in [2.75, 3.05) is 13.1 Å². The van der Waals surface area contributed by atoms with E-state index in [-0.39, 0.29) is 18.1 Å². The zero-order valence-electron chi connectivity index (χ0n) is 15.3. The van der Waals surface area contributed by atoms with Gasteiger partial charge in [0.25, 0.3) is 5.19 Å². The molecule has 2 aliphatic rings. The molecule has 2 unspecified atom stereocenters. The molecule has 2 N–H and O–H groups in total. The van der Waals surface area contributed by atoms with Crippen LogP contribution in [0.2, 0.25) is 0 Å². The van der Waals surface area contributed by atoms with Crippen LogP contribution < -0.4 is 10.5 Å². The number of likely N-dealkylation sites (tertiary alicyclic amines) is 1. The van der Waals surface area contributed by atoms with E-state index < -0.39 is 0 Å². The summed E-state index contributed by atoms with van der Waals surface area (Å²) in [5.41, 5.74) is 7.48. The summed E-state index contributed by atoms with van der Waals surface area (Å²) in [7, 11) is 0. The Morgan fingerprint density at radius 1 is 1.18 bits per heavy atom. The molecule has 0 aliphatic carbocycles. The zero-order valence-corrected chi connectivity index (χ0v) is 16.1. The number of hydrogen-bond acceptors (Lipinski definition) is 6. The Labute approximate surface area is 166 Å². The van der Waals surface area contributed by atoms with Crippen molar-refractivity contribution in [3.05, 3.63) is 48.2 Å². The number of urea groups is 1. The molecule has 2 amide bonds. The number of benzene rings is 1. The second-order valence-electron chi connectivity index (χ2n) is 7.38. The maximum Gasteiger partial charge on any atom is 0.315 e. The van der Waals surface area contributed by atoms with Crippen molar-refractivity contribution in [2.24, 2.45) is 5.73 Å². The average Bonchev–Trinajstić information content (AvgIpc) is 3.21. The molecule has 1 aromatic carbocycles. The number of rotatable bonds is 4. The van der Waals surface area contributed by atoms with Crippen LogP contribution in [0.25, 0.3) is 10.3 Å². The maximum atomic E-state index is 11.6. The van der Waals surface area contributed by atoms with E-state index in [1.807, 2.05) is 29.2 Å². The molecule has 28 heavy (non-hydrogen) atoms. The van der Waals surface area contributed by atoms with Gasteiger partial charge in [0.2, 0.25) is 0 Å². The van der Waals surface area contributed by atoms with E-state index in [2.05, 4.69) is 27.0 Å². The van der Waals surface area contributed by atoms with Crippen LogP contribution in [0.1, 0.15) is 18.4 Å². The Morgan fingerprint density at radius 3 is 2.61 bits per heavy atom. The molecule has 2 aromatic heterocycles. The van der Waals surface area contributed by atoms with Gasteiger partial charge in [-0.05, 0) is 42.7 Å². The van der Waals surface area contributed by atoms with Crippen molar-refractivity contribution in [1.29, 1.82) is 0 Å². The molecule has 7 nitrogen and oxygen atoms in total. The molecule has 0 radical (unpaired) electrons. The van der Waals surface area contributed by atoms with Crippen LogP contribution in [0.15, 0.2) is 42.6 Å². The second kappa shape index (κ2) is 7.03. The van der Waals surface area contributed by atoms with E-state index in [0.717, 1.165) is 42.9 Å². The summed E-state index contributed by atoms with van der Waals surface area (Å²) in [5.74, 6) is 0.765. The van der Waals surface area contributed by atoms with Gasteiger partial charge in [-0.3, -0.25) is 4.90 Å². The standard InChI is InChI=1S/C20H21N5O2S/c21-19(26)25-14-5-6-15(25)12-24(11-14)10-13-3-7-16(8-4-13)27-20-23-18-17(28-20)2-1-9-22-18/h1-4,7-9,14-15H,5-6,10-12H2,(H2,21,26). The van der Waals surface area contributed by atoms with Gasteiger partial charge >= 0.3 is 6.03 Å². The number of aromatic nitrogens is 2. The Hall–Kier alpha value is -2.71. The fourth-order valence-electron chi connectivity index (χ4n) is 4.29. The highest BCUT2D eigenvalue weighted by Gasteiger charge is 2.41. The van der Waals surface area contributed by atoms with Crippen molar-refractivity contribution in [1.82, 2.24) is 19.8 Å². The lowest BCUT2D eigenvalue weighted by Crippen LogP contribution is -2.56. The number of primary amides is 1. The Kier molecular flexibility index (Phi) is 4.37. The summed E-state index contributed by atoms with van der Waals surface area (Å²) in [4.78, 5) is 24.6. The third-order valence-electron chi connectivity index (χ3n) is 5.49. The Bertz CT molecular complexity index is 958. The second-order valence-corrected chi connectivity index (χ2v) is 8.37. The topological polar surface area (TPSA) is 84.6 Å². The van der Waals surface area contributed by atoms with Crippen molar-refractivity contribution < 1.29 is 9.53 Å². The third kappa shape index (κ3) is 3.29. The van der Waals surface area contributed by atoms with Crippen LogP contribution in [0.3, 0.4) is 0 Å². The van der Waals surface area contributed by atoms with Gasteiger partial charge in [-0.15, -0.1) is 0 Å². The monoisotopic (exact) mass is 395 g/mol. The summed E-state index contributed by atoms with van der Waals surface area (Å²) in [6.07, 6.45) is 3.83. The van der Waals surface area contributed by atoms with Gasteiger partial charge < -0.3 is 15.4 Å². The number of pyridine rings is 1. The molecule has 0 saturated carbocycles. The van der Waals surface area contributed by atoms with Crippen LogP contribution in [-0.2, 0) is 6.54 Å². The molecule has 2 aliphatic heterocycles. The lowest BCUT2D eigenvalue weighted by atomic mass is 10.1. The number of carbonyl (C=O) groups excluding carboxylic acids is 1. The molecule has 4 heterocycles. The first kappa shape index (κ1) is 17.4. The fourth-order valence-corrected chi connectivity index (χ4v) is 5.09. The minimum atomic E-state index is -0.279. The van der Waals surface area contributed by atoms with Crippen molar-refractivity contribution in [2.45, 2.75) is 31.5 Å². The van der Waals surface area contributed by atoms with Crippen molar-refractivity contribution in [3.63, 3.8) is 0 Å². The summed E-state index contributed by atoms with van der Waals surface area (Å²) in [5, 5.41) is 0.598.